The summed E-state index contributed by atoms with van der Waals surface area (Å²) >= 11 is 1.35. The Morgan fingerprint density at radius 3 is 2.53 bits per heavy atom. The smallest absolute Gasteiger partial charge is 0.233 e. The maximum atomic E-state index is 12.7. The highest BCUT2D eigenvalue weighted by Crippen LogP contribution is 2.29. The molecule has 0 aliphatic heterocycles. The van der Waals surface area contributed by atoms with Gasteiger partial charge in [0.15, 0.2) is 11.5 Å². The van der Waals surface area contributed by atoms with Crippen LogP contribution in [-0.4, -0.2) is 36.9 Å². The highest BCUT2D eigenvalue weighted by atomic mass is 32.2. The molecule has 7 heteroatoms. The summed E-state index contributed by atoms with van der Waals surface area (Å²) in [5.74, 6) is 1.55. The third-order valence-corrected chi connectivity index (χ3v) is 6.04. The first-order valence-corrected chi connectivity index (χ1v) is 10.9. The zero-order valence-corrected chi connectivity index (χ0v) is 19.0. The first kappa shape index (κ1) is 23.6. The number of thioether (sulfide) groups is 1. The summed E-state index contributed by atoms with van der Waals surface area (Å²) in [5.41, 5.74) is 2.47. The molecule has 0 radical (unpaired) electrons. The Balaban J connectivity index is 2.01. The van der Waals surface area contributed by atoms with Gasteiger partial charge in [-0.2, -0.15) is 5.26 Å². The molecule has 1 aromatic heterocycles. The molecule has 0 aliphatic carbocycles. The summed E-state index contributed by atoms with van der Waals surface area (Å²) in [6, 6.07) is 11.6. The number of nitriles is 1. The molecule has 2 aromatic rings. The van der Waals surface area contributed by atoms with Crippen molar-refractivity contribution in [3.8, 4) is 17.6 Å². The lowest BCUT2D eigenvalue weighted by atomic mass is 10.1. The van der Waals surface area contributed by atoms with E-state index in [-0.39, 0.29) is 17.1 Å². The Labute approximate surface area is 183 Å². The Morgan fingerprint density at radius 2 is 1.93 bits per heavy atom. The molecular formula is C23H29N3O3S. The van der Waals surface area contributed by atoms with Crippen LogP contribution in [0.4, 0.5) is 0 Å². The van der Waals surface area contributed by atoms with Crippen molar-refractivity contribution < 1.29 is 14.3 Å². The van der Waals surface area contributed by atoms with Crippen molar-refractivity contribution in [2.45, 2.75) is 49.8 Å². The summed E-state index contributed by atoms with van der Waals surface area (Å²) in [7, 11) is 3.20. The summed E-state index contributed by atoms with van der Waals surface area (Å²) in [4.78, 5) is 17.3. The van der Waals surface area contributed by atoms with Crippen LogP contribution in [0.25, 0.3) is 0 Å². The topological polar surface area (TPSA) is 84.2 Å². The van der Waals surface area contributed by atoms with E-state index in [2.05, 4.69) is 30.2 Å². The predicted octanol–water partition coefficient (Wildman–Crippen LogP) is 4.32. The zero-order valence-electron chi connectivity index (χ0n) is 18.2. The standard InChI is InChI=1S/C23H29N3O3S/c1-6-21(30-23-17(14-24)8-9-18(26-23)15(2)3)22(27)25-12-11-16-7-10-19(28-4)20(13-16)29-5/h7-10,13,15,21H,6,11-12H2,1-5H3,(H,25,27). The van der Waals surface area contributed by atoms with Gasteiger partial charge in [0.2, 0.25) is 5.91 Å². The van der Waals surface area contributed by atoms with Gasteiger partial charge in [0.05, 0.1) is 25.0 Å². The van der Waals surface area contributed by atoms with Crippen LogP contribution < -0.4 is 14.8 Å². The number of methoxy groups -OCH3 is 2. The van der Waals surface area contributed by atoms with Crippen LogP contribution in [-0.2, 0) is 11.2 Å². The average molecular weight is 428 g/mol. The highest BCUT2D eigenvalue weighted by Gasteiger charge is 2.21. The number of benzene rings is 1. The number of rotatable bonds is 10. The van der Waals surface area contributed by atoms with E-state index in [1.54, 1.807) is 20.3 Å². The van der Waals surface area contributed by atoms with Crippen molar-refractivity contribution in [1.29, 1.82) is 5.26 Å². The first-order valence-electron chi connectivity index (χ1n) is 9.99. The fraction of sp³-hybridized carbons (Fsp3) is 0.435. The number of nitrogens with one attached hydrogen (secondary N) is 1. The molecule has 0 fully saturated rings. The Bertz CT molecular complexity index is 909. The van der Waals surface area contributed by atoms with E-state index in [1.807, 2.05) is 31.2 Å². The molecule has 160 valence electrons. The van der Waals surface area contributed by atoms with E-state index < -0.39 is 0 Å². The predicted molar refractivity (Wildman–Crippen MR) is 119 cm³/mol. The summed E-state index contributed by atoms with van der Waals surface area (Å²) in [6.07, 6.45) is 1.32. The third-order valence-electron chi connectivity index (χ3n) is 4.67. The lowest BCUT2D eigenvalue weighted by Crippen LogP contribution is -2.33. The minimum Gasteiger partial charge on any atom is -0.493 e. The lowest BCUT2D eigenvalue weighted by molar-refractivity contribution is -0.120. The first-order chi connectivity index (χ1) is 14.4. The Kier molecular flexibility index (Phi) is 9.00. The molecular weight excluding hydrogens is 398 g/mol. The molecule has 0 aliphatic rings. The van der Waals surface area contributed by atoms with Crippen LogP contribution in [0.15, 0.2) is 35.4 Å². The van der Waals surface area contributed by atoms with Crippen molar-refractivity contribution in [3.05, 3.63) is 47.2 Å². The Hall–Kier alpha value is -2.72. The van der Waals surface area contributed by atoms with Gasteiger partial charge < -0.3 is 14.8 Å². The normalized spacial score (nSPS) is 11.6. The van der Waals surface area contributed by atoms with E-state index in [1.165, 1.54) is 11.8 Å². The molecule has 1 amide bonds. The zero-order chi connectivity index (χ0) is 22.1. The van der Waals surface area contributed by atoms with Crippen molar-refractivity contribution in [2.24, 2.45) is 0 Å². The number of carbonyl (C=O) groups is 1. The molecule has 0 saturated carbocycles. The summed E-state index contributed by atoms with van der Waals surface area (Å²) in [5, 5.41) is 12.7. The number of nitrogens with zero attached hydrogens (tertiary/aromatic N) is 2. The second-order valence-electron chi connectivity index (χ2n) is 7.10. The third kappa shape index (κ3) is 6.14. The van der Waals surface area contributed by atoms with Gasteiger partial charge in [0.25, 0.3) is 0 Å². The van der Waals surface area contributed by atoms with Gasteiger partial charge in [-0.15, -0.1) is 0 Å². The van der Waals surface area contributed by atoms with E-state index in [9.17, 15) is 10.1 Å². The van der Waals surface area contributed by atoms with Crippen molar-refractivity contribution >= 4 is 17.7 Å². The van der Waals surface area contributed by atoms with Crippen LogP contribution in [0.3, 0.4) is 0 Å². The number of carbonyl (C=O) groups excluding carboxylic acids is 1. The van der Waals surface area contributed by atoms with E-state index in [0.29, 0.717) is 41.5 Å². The molecule has 30 heavy (non-hydrogen) atoms. The quantitative estimate of drug-likeness (QED) is 0.569. The number of hydrogen-bond donors (Lipinski definition) is 1. The van der Waals surface area contributed by atoms with Crippen molar-refractivity contribution in [2.75, 3.05) is 20.8 Å². The number of pyridine rings is 1. The van der Waals surface area contributed by atoms with Gasteiger partial charge >= 0.3 is 0 Å². The Morgan fingerprint density at radius 1 is 1.20 bits per heavy atom. The minimum absolute atomic E-state index is 0.0522. The largest absolute Gasteiger partial charge is 0.493 e. The van der Waals surface area contributed by atoms with Gasteiger partial charge in [0.1, 0.15) is 11.1 Å². The van der Waals surface area contributed by atoms with Crippen LogP contribution in [0, 0.1) is 11.3 Å². The van der Waals surface area contributed by atoms with Gasteiger partial charge in [-0.3, -0.25) is 4.79 Å². The van der Waals surface area contributed by atoms with Gasteiger partial charge in [-0.05, 0) is 48.6 Å². The maximum absolute atomic E-state index is 12.7. The van der Waals surface area contributed by atoms with Crippen LogP contribution >= 0.6 is 11.8 Å². The van der Waals surface area contributed by atoms with Gasteiger partial charge in [-0.25, -0.2) is 4.98 Å². The molecule has 1 unspecified atom stereocenters. The average Bonchev–Trinajstić information content (AvgIpc) is 2.76. The second-order valence-corrected chi connectivity index (χ2v) is 8.29. The van der Waals surface area contributed by atoms with Crippen LogP contribution in [0.5, 0.6) is 11.5 Å². The molecule has 6 nitrogen and oxygen atoms in total. The van der Waals surface area contributed by atoms with Crippen molar-refractivity contribution in [3.63, 3.8) is 0 Å². The molecule has 1 aromatic carbocycles. The molecule has 0 saturated heterocycles. The fourth-order valence-electron chi connectivity index (χ4n) is 2.89. The van der Waals surface area contributed by atoms with E-state index in [4.69, 9.17) is 9.47 Å². The fourth-order valence-corrected chi connectivity index (χ4v) is 3.91. The molecule has 1 atom stereocenters. The van der Waals surface area contributed by atoms with Gasteiger partial charge in [0, 0.05) is 12.2 Å². The van der Waals surface area contributed by atoms with Crippen LogP contribution in [0.2, 0.25) is 0 Å². The van der Waals surface area contributed by atoms with Gasteiger partial charge in [-0.1, -0.05) is 38.6 Å². The number of amides is 1. The number of hydrogen-bond acceptors (Lipinski definition) is 6. The number of ether oxygens (including phenoxy) is 2. The molecule has 2 rings (SSSR count). The second kappa shape index (κ2) is 11.5. The molecule has 0 bridgehead atoms. The summed E-state index contributed by atoms with van der Waals surface area (Å²) < 4.78 is 10.6. The highest BCUT2D eigenvalue weighted by molar-refractivity contribution is 8.00. The summed E-state index contributed by atoms with van der Waals surface area (Å²) in [6.45, 7) is 6.59. The van der Waals surface area contributed by atoms with E-state index >= 15 is 0 Å². The monoisotopic (exact) mass is 427 g/mol. The molecule has 1 N–H and O–H groups in total. The molecule has 0 spiro atoms. The maximum Gasteiger partial charge on any atom is 0.233 e. The van der Waals surface area contributed by atoms with Crippen LogP contribution in [0.1, 0.15) is 49.9 Å². The van der Waals surface area contributed by atoms with E-state index in [0.717, 1.165) is 11.3 Å². The number of aromatic nitrogens is 1. The molecule has 1 heterocycles. The lowest BCUT2D eigenvalue weighted by Gasteiger charge is -2.16. The SMILES string of the molecule is CCC(Sc1nc(C(C)C)ccc1C#N)C(=O)NCCc1ccc(OC)c(OC)c1. The van der Waals surface area contributed by atoms with Crippen molar-refractivity contribution in [1.82, 2.24) is 10.3 Å². The minimum atomic E-state index is -0.308.